The van der Waals surface area contributed by atoms with Crippen LogP contribution in [-0.4, -0.2) is 78.7 Å². The number of halogens is 1. The lowest BCUT2D eigenvalue weighted by atomic mass is 10.0. The Morgan fingerprint density at radius 3 is 2.37 bits per heavy atom. The van der Waals surface area contributed by atoms with Gasteiger partial charge in [-0.25, -0.2) is 14.4 Å². The third-order valence-corrected chi connectivity index (χ3v) is 8.03. The molecule has 9 heteroatoms. The van der Waals surface area contributed by atoms with Crippen molar-refractivity contribution in [2.45, 2.75) is 31.3 Å². The van der Waals surface area contributed by atoms with E-state index in [-0.39, 0.29) is 11.9 Å². The van der Waals surface area contributed by atoms with E-state index in [9.17, 15) is 4.39 Å². The molecular formula is C29H36FN7O. The molecule has 38 heavy (non-hydrogen) atoms. The van der Waals surface area contributed by atoms with Gasteiger partial charge < -0.3 is 15.1 Å². The third-order valence-electron chi connectivity index (χ3n) is 8.03. The number of hydroxylamine groups is 1. The second-order valence-corrected chi connectivity index (χ2v) is 10.5. The van der Waals surface area contributed by atoms with Crippen LogP contribution in [0.1, 0.15) is 30.9 Å². The summed E-state index contributed by atoms with van der Waals surface area (Å²) in [6.07, 6.45) is 4.38. The Morgan fingerprint density at radius 2 is 1.63 bits per heavy atom. The molecule has 3 fully saturated rings. The first-order valence-electron chi connectivity index (χ1n) is 13.7. The molecule has 0 radical (unpaired) electrons. The van der Waals surface area contributed by atoms with Crippen LogP contribution in [0.5, 0.6) is 0 Å². The lowest BCUT2D eigenvalue weighted by Crippen LogP contribution is -2.52. The largest absolute Gasteiger partial charge is 0.371 e. The predicted molar refractivity (Wildman–Crippen MR) is 148 cm³/mol. The Morgan fingerprint density at radius 1 is 0.895 bits per heavy atom. The molecule has 0 aliphatic carbocycles. The maximum Gasteiger partial charge on any atom is 0.229 e. The highest BCUT2D eigenvalue weighted by molar-refractivity contribution is 5.60. The molecule has 3 aliphatic heterocycles. The Labute approximate surface area is 224 Å². The van der Waals surface area contributed by atoms with Crippen LogP contribution < -0.4 is 15.3 Å². The molecule has 6 rings (SSSR count). The molecule has 1 N–H and O–H groups in total. The number of piperazine rings is 1. The quantitative estimate of drug-likeness (QED) is 0.515. The van der Waals surface area contributed by atoms with E-state index in [1.807, 2.05) is 42.5 Å². The molecule has 3 saturated heterocycles. The van der Waals surface area contributed by atoms with Crippen LogP contribution in [0, 0.1) is 5.82 Å². The molecule has 0 spiro atoms. The van der Waals surface area contributed by atoms with Crippen LogP contribution in [0.3, 0.4) is 0 Å². The summed E-state index contributed by atoms with van der Waals surface area (Å²) in [5.74, 6) is -0.0214. The Kier molecular flexibility index (Phi) is 7.40. The van der Waals surface area contributed by atoms with Gasteiger partial charge in [0, 0.05) is 63.1 Å². The number of piperidine rings is 1. The molecule has 2 aromatic carbocycles. The van der Waals surface area contributed by atoms with Gasteiger partial charge >= 0.3 is 0 Å². The number of hydrogen-bond donors (Lipinski definition) is 1. The van der Waals surface area contributed by atoms with Gasteiger partial charge in [0.1, 0.15) is 0 Å². The van der Waals surface area contributed by atoms with Gasteiger partial charge in [-0.3, -0.25) is 9.74 Å². The molecule has 3 aromatic rings. The molecule has 0 saturated carbocycles. The van der Waals surface area contributed by atoms with Gasteiger partial charge in [-0.1, -0.05) is 30.3 Å². The average molecular weight is 518 g/mol. The van der Waals surface area contributed by atoms with Crippen molar-refractivity contribution < 1.29 is 9.23 Å². The second-order valence-electron chi connectivity index (χ2n) is 10.5. The average Bonchev–Trinajstić information content (AvgIpc) is 3.45. The van der Waals surface area contributed by atoms with E-state index >= 15 is 0 Å². The standard InChI is InChI=1S/C29H36FN7O/c1-34-16-18-36(19-17-34)25-11-14-35(15-12-25)24-9-7-23(8-10-24)32-29-31-21-26(30)28(33-29)37-27(13-20-38-37)22-5-3-2-4-6-22/h2-10,21,25,27H,11-20H2,1H3,(H,31,32,33). The fourth-order valence-corrected chi connectivity index (χ4v) is 5.79. The van der Waals surface area contributed by atoms with Crippen molar-refractivity contribution >= 4 is 23.1 Å². The van der Waals surface area contributed by atoms with Gasteiger partial charge in [-0.15, -0.1) is 0 Å². The molecule has 1 unspecified atom stereocenters. The van der Waals surface area contributed by atoms with Crippen molar-refractivity contribution in [1.82, 2.24) is 19.8 Å². The Hall–Kier alpha value is -3.27. The highest BCUT2D eigenvalue weighted by Gasteiger charge is 2.31. The predicted octanol–water partition coefficient (Wildman–Crippen LogP) is 4.46. The topological polar surface area (TPSA) is 60.0 Å². The molecular weight excluding hydrogens is 481 g/mol. The smallest absolute Gasteiger partial charge is 0.229 e. The molecule has 3 aliphatic rings. The number of benzene rings is 2. The van der Waals surface area contributed by atoms with Gasteiger partial charge in [0.15, 0.2) is 11.6 Å². The van der Waals surface area contributed by atoms with Crippen LogP contribution in [0.25, 0.3) is 0 Å². The molecule has 1 atom stereocenters. The van der Waals surface area contributed by atoms with Gasteiger partial charge in [-0.05, 0) is 49.7 Å². The summed E-state index contributed by atoms with van der Waals surface area (Å²) >= 11 is 0. The molecule has 0 bridgehead atoms. The minimum atomic E-state index is -0.506. The van der Waals surface area contributed by atoms with Crippen molar-refractivity contribution in [2.24, 2.45) is 0 Å². The van der Waals surface area contributed by atoms with Crippen LogP contribution in [0.4, 0.5) is 27.5 Å². The summed E-state index contributed by atoms with van der Waals surface area (Å²) in [5, 5.41) is 4.81. The fourth-order valence-electron chi connectivity index (χ4n) is 5.79. The monoisotopic (exact) mass is 517 g/mol. The summed E-state index contributed by atoms with van der Waals surface area (Å²) in [6.45, 7) is 7.38. The van der Waals surface area contributed by atoms with Crippen molar-refractivity contribution in [3.63, 3.8) is 0 Å². The first-order chi connectivity index (χ1) is 18.6. The highest BCUT2D eigenvalue weighted by atomic mass is 19.1. The summed E-state index contributed by atoms with van der Waals surface area (Å²) < 4.78 is 14.8. The first-order valence-corrected chi connectivity index (χ1v) is 13.7. The molecule has 8 nitrogen and oxygen atoms in total. The van der Waals surface area contributed by atoms with E-state index in [2.05, 4.69) is 49.2 Å². The second kappa shape index (κ2) is 11.2. The minimum absolute atomic E-state index is 0.0897. The number of nitrogens with one attached hydrogen (secondary N) is 1. The minimum Gasteiger partial charge on any atom is -0.371 e. The first kappa shape index (κ1) is 25.0. The summed E-state index contributed by atoms with van der Waals surface area (Å²) in [4.78, 5) is 22.0. The van der Waals surface area contributed by atoms with E-state index in [1.165, 1.54) is 50.9 Å². The Bertz CT molecular complexity index is 1200. The number of aromatic nitrogens is 2. The van der Waals surface area contributed by atoms with Gasteiger partial charge in [0.05, 0.1) is 18.8 Å². The van der Waals surface area contributed by atoms with E-state index < -0.39 is 5.82 Å². The Balaban J connectivity index is 1.08. The van der Waals surface area contributed by atoms with Crippen LogP contribution in [-0.2, 0) is 4.84 Å². The number of nitrogens with zero attached hydrogens (tertiary/aromatic N) is 6. The molecule has 0 amide bonds. The zero-order chi connectivity index (χ0) is 25.9. The van der Waals surface area contributed by atoms with Crippen LogP contribution in [0.2, 0.25) is 0 Å². The maximum absolute atomic E-state index is 14.8. The zero-order valence-corrected chi connectivity index (χ0v) is 22.0. The number of rotatable bonds is 6. The van der Waals surface area contributed by atoms with Crippen molar-refractivity contribution in [3.8, 4) is 0 Å². The SMILES string of the molecule is CN1CCN(C2CCN(c3ccc(Nc4ncc(F)c(N5OCCC5c5ccccc5)n4)cc3)CC2)CC1. The van der Waals surface area contributed by atoms with Crippen LogP contribution in [0.15, 0.2) is 60.8 Å². The van der Waals surface area contributed by atoms with Gasteiger partial charge in [0.25, 0.3) is 0 Å². The van der Waals surface area contributed by atoms with Crippen molar-refractivity contribution in [1.29, 1.82) is 0 Å². The summed E-state index contributed by atoms with van der Waals surface area (Å²) in [5.41, 5.74) is 3.16. The lowest BCUT2D eigenvalue weighted by molar-refractivity contribution is 0.0982. The molecule has 1 aromatic heterocycles. The highest BCUT2D eigenvalue weighted by Crippen LogP contribution is 2.35. The lowest BCUT2D eigenvalue weighted by Gasteiger charge is -2.42. The van der Waals surface area contributed by atoms with E-state index in [0.29, 0.717) is 18.6 Å². The fraction of sp³-hybridized carbons (Fsp3) is 0.448. The van der Waals surface area contributed by atoms with E-state index in [0.717, 1.165) is 30.8 Å². The van der Waals surface area contributed by atoms with E-state index in [1.54, 1.807) is 5.06 Å². The summed E-state index contributed by atoms with van der Waals surface area (Å²) in [7, 11) is 2.21. The number of anilines is 4. The number of likely N-dealkylation sites (N-methyl/N-ethyl adjacent to an activating group) is 1. The zero-order valence-electron chi connectivity index (χ0n) is 22.0. The maximum atomic E-state index is 14.8. The van der Waals surface area contributed by atoms with Crippen molar-refractivity contribution in [3.05, 3.63) is 72.2 Å². The van der Waals surface area contributed by atoms with Gasteiger partial charge in [0.2, 0.25) is 5.95 Å². The summed E-state index contributed by atoms with van der Waals surface area (Å²) in [6, 6.07) is 18.9. The third kappa shape index (κ3) is 5.45. The normalized spacial score (nSPS) is 21.7. The molecule has 4 heterocycles. The van der Waals surface area contributed by atoms with Crippen molar-refractivity contribution in [2.75, 3.05) is 68.2 Å². The van der Waals surface area contributed by atoms with E-state index in [4.69, 9.17) is 4.84 Å². The van der Waals surface area contributed by atoms with Gasteiger partial charge in [-0.2, -0.15) is 4.98 Å². The number of hydrogen-bond acceptors (Lipinski definition) is 8. The van der Waals surface area contributed by atoms with Crippen LogP contribution >= 0.6 is 0 Å². The molecule has 200 valence electrons.